The fraction of sp³-hybridized carbons (Fsp3) is 0.0500. The summed E-state index contributed by atoms with van der Waals surface area (Å²) >= 11 is 0. The molecule has 0 fully saturated rings. The van der Waals surface area contributed by atoms with Crippen molar-refractivity contribution in [3.8, 4) is 17.6 Å². The topological polar surface area (TPSA) is 96.3 Å². The van der Waals surface area contributed by atoms with Crippen molar-refractivity contribution >= 4 is 23.1 Å². The first-order valence-corrected chi connectivity index (χ1v) is 8.15. The molecule has 7 nitrogen and oxygen atoms in total. The Hall–Kier alpha value is -4.05. The maximum atomic E-state index is 12.4. The molecule has 0 radical (unpaired) electrons. The third-order valence-electron chi connectivity index (χ3n) is 3.94. The number of carbonyl (C=O) groups is 1. The van der Waals surface area contributed by atoms with Crippen molar-refractivity contribution in [3.05, 3.63) is 71.9 Å². The molecule has 1 aromatic heterocycles. The van der Waals surface area contributed by atoms with Crippen LogP contribution in [0.5, 0.6) is 11.5 Å². The summed E-state index contributed by atoms with van der Waals surface area (Å²) in [7, 11) is 0. The van der Waals surface area contributed by atoms with Crippen LogP contribution in [0.25, 0.3) is 0 Å². The van der Waals surface area contributed by atoms with Gasteiger partial charge in [0.2, 0.25) is 6.79 Å². The summed E-state index contributed by atoms with van der Waals surface area (Å²) in [4.78, 5) is 16.7. The molecule has 3 aromatic rings. The second-order valence-corrected chi connectivity index (χ2v) is 5.77. The van der Waals surface area contributed by atoms with Crippen molar-refractivity contribution < 1.29 is 14.3 Å². The number of nitrogens with one attached hydrogen (secondary N) is 2. The van der Waals surface area contributed by atoms with Gasteiger partial charge in [-0.1, -0.05) is 0 Å². The van der Waals surface area contributed by atoms with Crippen LogP contribution >= 0.6 is 0 Å². The number of fused-ring (bicyclic) bond motifs is 1. The molecule has 0 bridgehead atoms. The largest absolute Gasteiger partial charge is 0.454 e. The van der Waals surface area contributed by atoms with Crippen molar-refractivity contribution in [3.63, 3.8) is 0 Å². The van der Waals surface area contributed by atoms with Crippen molar-refractivity contribution in [1.82, 2.24) is 4.98 Å². The number of benzene rings is 2. The number of pyridine rings is 1. The highest BCUT2D eigenvalue weighted by atomic mass is 16.7. The number of aromatic nitrogens is 1. The lowest BCUT2D eigenvalue weighted by Gasteiger charge is -2.08. The van der Waals surface area contributed by atoms with Crippen LogP contribution in [0.3, 0.4) is 0 Å². The Morgan fingerprint density at radius 3 is 2.52 bits per heavy atom. The number of rotatable bonds is 4. The molecule has 7 heteroatoms. The average Bonchev–Trinajstić information content (AvgIpc) is 3.18. The molecule has 1 aliphatic rings. The van der Waals surface area contributed by atoms with Crippen molar-refractivity contribution in [2.75, 3.05) is 17.4 Å². The lowest BCUT2D eigenvalue weighted by atomic mass is 10.2. The van der Waals surface area contributed by atoms with E-state index >= 15 is 0 Å². The van der Waals surface area contributed by atoms with Crippen molar-refractivity contribution in [2.24, 2.45) is 0 Å². The van der Waals surface area contributed by atoms with Crippen LogP contribution in [0.2, 0.25) is 0 Å². The number of hydrogen-bond donors (Lipinski definition) is 2. The second-order valence-electron chi connectivity index (χ2n) is 5.77. The first-order chi connectivity index (χ1) is 13.2. The van der Waals surface area contributed by atoms with E-state index in [1.54, 1.807) is 60.8 Å². The van der Waals surface area contributed by atoms with Gasteiger partial charge in [-0.2, -0.15) is 5.26 Å². The fourth-order valence-corrected chi connectivity index (χ4v) is 2.56. The molecule has 2 aromatic carbocycles. The first-order valence-electron chi connectivity index (χ1n) is 8.15. The van der Waals surface area contributed by atoms with Crippen LogP contribution in [-0.4, -0.2) is 17.7 Å². The van der Waals surface area contributed by atoms with E-state index in [-0.39, 0.29) is 12.7 Å². The molecule has 4 rings (SSSR count). The summed E-state index contributed by atoms with van der Waals surface area (Å²) in [5.41, 5.74) is 2.45. The maximum Gasteiger partial charge on any atom is 0.255 e. The minimum absolute atomic E-state index is 0.165. The molecule has 0 aliphatic carbocycles. The molecular formula is C20H14N4O3. The number of nitriles is 1. The number of ether oxygens (including phenoxy) is 2. The Balaban J connectivity index is 1.41. The molecular weight excluding hydrogens is 344 g/mol. The quantitative estimate of drug-likeness (QED) is 0.738. The average molecular weight is 358 g/mol. The van der Waals surface area contributed by atoms with E-state index in [0.717, 1.165) is 5.69 Å². The summed E-state index contributed by atoms with van der Waals surface area (Å²) < 4.78 is 10.5. The summed E-state index contributed by atoms with van der Waals surface area (Å²) in [5.74, 6) is 1.55. The molecule has 2 heterocycles. The van der Waals surface area contributed by atoms with Gasteiger partial charge in [0.05, 0.1) is 23.5 Å². The molecule has 0 saturated heterocycles. The molecule has 2 N–H and O–H groups in total. The van der Waals surface area contributed by atoms with Crippen LogP contribution in [0.15, 0.2) is 60.8 Å². The molecule has 132 valence electrons. The summed E-state index contributed by atoms with van der Waals surface area (Å²) in [6, 6.07) is 17.7. The van der Waals surface area contributed by atoms with E-state index in [1.807, 2.05) is 0 Å². The molecule has 1 aliphatic heterocycles. The SMILES string of the molecule is N#Cc1ccc(Nc2ccc(NC(=O)c3ccc4c(c3)OCO4)cn2)cc1. The van der Waals surface area contributed by atoms with Gasteiger partial charge in [0.25, 0.3) is 5.91 Å². The Morgan fingerprint density at radius 1 is 1.00 bits per heavy atom. The Morgan fingerprint density at radius 2 is 1.78 bits per heavy atom. The second kappa shape index (κ2) is 7.06. The van der Waals surface area contributed by atoms with Gasteiger partial charge in [0.1, 0.15) is 5.82 Å². The smallest absolute Gasteiger partial charge is 0.255 e. The van der Waals surface area contributed by atoms with Gasteiger partial charge in [-0.15, -0.1) is 0 Å². The molecule has 0 atom stereocenters. The van der Waals surface area contributed by atoms with Crippen LogP contribution in [0.4, 0.5) is 17.2 Å². The van der Waals surface area contributed by atoms with Gasteiger partial charge in [-0.3, -0.25) is 4.79 Å². The molecule has 1 amide bonds. The summed E-state index contributed by atoms with van der Waals surface area (Å²) in [6.07, 6.45) is 1.57. The highest BCUT2D eigenvalue weighted by molar-refractivity contribution is 6.04. The van der Waals surface area contributed by atoms with E-state index in [0.29, 0.717) is 34.1 Å². The molecule has 0 spiro atoms. The van der Waals surface area contributed by atoms with E-state index in [2.05, 4.69) is 21.7 Å². The van der Waals surface area contributed by atoms with Gasteiger partial charge in [-0.25, -0.2) is 4.98 Å². The van der Waals surface area contributed by atoms with Gasteiger partial charge in [-0.05, 0) is 54.6 Å². The van der Waals surface area contributed by atoms with Crippen molar-refractivity contribution in [1.29, 1.82) is 5.26 Å². The zero-order chi connectivity index (χ0) is 18.6. The third kappa shape index (κ3) is 3.65. The summed E-state index contributed by atoms with van der Waals surface area (Å²) in [6.45, 7) is 0.165. The monoisotopic (exact) mass is 358 g/mol. The van der Waals surface area contributed by atoms with Gasteiger partial charge >= 0.3 is 0 Å². The number of hydrogen-bond acceptors (Lipinski definition) is 6. The number of anilines is 3. The minimum atomic E-state index is -0.261. The highest BCUT2D eigenvalue weighted by Crippen LogP contribution is 2.32. The van der Waals surface area contributed by atoms with Gasteiger partial charge < -0.3 is 20.1 Å². The third-order valence-corrected chi connectivity index (χ3v) is 3.94. The molecule has 27 heavy (non-hydrogen) atoms. The number of carbonyl (C=O) groups excluding carboxylic acids is 1. The normalized spacial score (nSPS) is 11.5. The van der Waals surface area contributed by atoms with Crippen LogP contribution < -0.4 is 20.1 Å². The molecule has 0 saturated carbocycles. The van der Waals surface area contributed by atoms with E-state index in [1.165, 1.54) is 0 Å². The van der Waals surface area contributed by atoms with E-state index < -0.39 is 0 Å². The van der Waals surface area contributed by atoms with E-state index in [9.17, 15) is 4.79 Å². The maximum absolute atomic E-state index is 12.4. The predicted octanol–water partition coefficient (Wildman–Crippen LogP) is 3.68. The van der Waals surface area contributed by atoms with Crippen LogP contribution in [0, 0.1) is 11.3 Å². The zero-order valence-corrected chi connectivity index (χ0v) is 14.1. The van der Waals surface area contributed by atoms with E-state index in [4.69, 9.17) is 14.7 Å². The first kappa shape index (κ1) is 16.4. The zero-order valence-electron chi connectivity index (χ0n) is 14.1. The molecule has 0 unspecified atom stereocenters. The fourth-order valence-electron chi connectivity index (χ4n) is 2.56. The lowest BCUT2D eigenvalue weighted by Crippen LogP contribution is -2.12. The minimum Gasteiger partial charge on any atom is -0.454 e. The Kier molecular flexibility index (Phi) is 4.29. The van der Waals surface area contributed by atoms with Crippen LogP contribution in [-0.2, 0) is 0 Å². The van der Waals surface area contributed by atoms with Gasteiger partial charge in [0.15, 0.2) is 11.5 Å². The Bertz CT molecular complexity index is 1020. The summed E-state index contributed by atoms with van der Waals surface area (Å²) in [5, 5.41) is 14.7. The predicted molar refractivity (Wildman–Crippen MR) is 99.2 cm³/mol. The number of amides is 1. The Labute approximate surface area is 155 Å². The van der Waals surface area contributed by atoms with Crippen LogP contribution in [0.1, 0.15) is 15.9 Å². The van der Waals surface area contributed by atoms with Gasteiger partial charge in [0, 0.05) is 11.3 Å². The van der Waals surface area contributed by atoms with Crippen molar-refractivity contribution in [2.45, 2.75) is 0 Å². The highest BCUT2D eigenvalue weighted by Gasteiger charge is 2.16. The standard InChI is InChI=1S/C20H14N4O3/c21-10-13-1-4-15(5-2-13)23-19-8-6-16(11-22-19)24-20(25)14-3-7-17-18(9-14)27-12-26-17/h1-9,11H,12H2,(H,22,23)(H,24,25). The lowest BCUT2D eigenvalue weighted by molar-refractivity contribution is 0.102. The number of nitrogens with zero attached hydrogens (tertiary/aromatic N) is 2.